The third-order valence-corrected chi connectivity index (χ3v) is 5.51. The van der Waals surface area contributed by atoms with Gasteiger partial charge in [0.05, 0.1) is 17.1 Å². The molecule has 2 aliphatic rings. The zero-order valence-corrected chi connectivity index (χ0v) is 16.0. The quantitative estimate of drug-likeness (QED) is 0.707. The van der Waals surface area contributed by atoms with Gasteiger partial charge in [0.1, 0.15) is 11.6 Å². The molecule has 1 amide bonds. The van der Waals surface area contributed by atoms with Gasteiger partial charge in [-0.2, -0.15) is 0 Å². The summed E-state index contributed by atoms with van der Waals surface area (Å²) in [4.78, 5) is 19.4. The molecule has 3 aromatic rings. The average molecular weight is 364 g/mol. The summed E-state index contributed by atoms with van der Waals surface area (Å²) in [6.07, 6.45) is 2.27. The highest BCUT2D eigenvalue weighted by atomic mass is 16.5. The first-order chi connectivity index (χ1) is 12.9. The highest BCUT2D eigenvalue weighted by molar-refractivity contribution is 5.93. The van der Waals surface area contributed by atoms with E-state index in [0.717, 1.165) is 35.5 Å². The molecular formula is C21H24N4O2. The lowest BCUT2D eigenvalue weighted by Crippen LogP contribution is -2.51. The van der Waals surface area contributed by atoms with Crippen LogP contribution in [-0.4, -0.2) is 38.6 Å². The molecule has 1 saturated heterocycles. The fourth-order valence-electron chi connectivity index (χ4n) is 3.84. The van der Waals surface area contributed by atoms with Crippen LogP contribution in [0.5, 0.6) is 0 Å². The summed E-state index contributed by atoms with van der Waals surface area (Å²) in [5, 5.41) is 3.99. The maximum Gasteiger partial charge on any atom is 0.276 e. The second-order valence-corrected chi connectivity index (χ2v) is 8.80. The van der Waals surface area contributed by atoms with Gasteiger partial charge in [0.15, 0.2) is 5.69 Å². The minimum atomic E-state index is -0.0608. The molecule has 6 nitrogen and oxygen atoms in total. The van der Waals surface area contributed by atoms with E-state index in [1.54, 1.807) is 0 Å². The maximum absolute atomic E-state index is 12.7. The van der Waals surface area contributed by atoms with Gasteiger partial charge >= 0.3 is 0 Å². The molecule has 140 valence electrons. The van der Waals surface area contributed by atoms with Gasteiger partial charge in [-0.25, -0.2) is 4.98 Å². The van der Waals surface area contributed by atoms with Crippen LogP contribution in [0.3, 0.4) is 0 Å². The van der Waals surface area contributed by atoms with Gasteiger partial charge in [-0.3, -0.25) is 4.79 Å². The van der Waals surface area contributed by atoms with Gasteiger partial charge in [0, 0.05) is 30.5 Å². The lowest BCUT2D eigenvalue weighted by atomic mass is 9.94. The largest absolute Gasteiger partial charge is 0.360 e. The molecule has 6 heteroatoms. The number of hydrogen-bond donors (Lipinski definition) is 0. The number of likely N-dealkylation sites (tertiary alicyclic amines) is 1. The molecule has 0 radical (unpaired) electrons. The van der Waals surface area contributed by atoms with E-state index in [4.69, 9.17) is 9.51 Å². The number of rotatable bonds is 3. The number of aromatic nitrogens is 3. The average Bonchev–Trinajstić information content (AvgIpc) is 3.18. The Bertz CT molecular complexity index is 1020. The second-order valence-electron chi connectivity index (χ2n) is 8.80. The number of benzene rings is 1. The normalized spacial score (nSPS) is 18.1. The topological polar surface area (TPSA) is 64.2 Å². The molecule has 0 bridgehead atoms. The van der Waals surface area contributed by atoms with Gasteiger partial charge in [-0.05, 0) is 25.0 Å². The Morgan fingerprint density at radius 3 is 2.63 bits per heavy atom. The first kappa shape index (κ1) is 16.5. The van der Waals surface area contributed by atoms with Crippen molar-refractivity contribution in [2.45, 2.75) is 51.0 Å². The van der Waals surface area contributed by atoms with Crippen LogP contribution < -0.4 is 0 Å². The Labute approximate surface area is 158 Å². The number of carbonyl (C=O) groups is 1. The SMILES string of the molecule is CC(C)(C)c1nc2ccccc2n1C1CN(C(=O)c2cc(C3CC3)on2)C1. The van der Waals surface area contributed by atoms with Crippen LogP contribution >= 0.6 is 0 Å². The Morgan fingerprint density at radius 1 is 1.19 bits per heavy atom. The highest BCUT2D eigenvalue weighted by Gasteiger charge is 2.38. The van der Waals surface area contributed by atoms with Crippen molar-refractivity contribution in [1.82, 2.24) is 19.6 Å². The molecule has 0 unspecified atom stereocenters. The summed E-state index contributed by atoms with van der Waals surface area (Å²) in [5.74, 6) is 2.35. The van der Waals surface area contributed by atoms with E-state index in [9.17, 15) is 4.79 Å². The van der Waals surface area contributed by atoms with Crippen molar-refractivity contribution in [3.8, 4) is 0 Å². The Hall–Kier alpha value is -2.63. The van der Waals surface area contributed by atoms with Crippen molar-refractivity contribution >= 4 is 16.9 Å². The Morgan fingerprint density at radius 2 is 1.93 bits per heavy atom. The van der Waals surface area contributed by atoms with Crippen LogP contribution in [0.4, 0.5) is 0 Å². The zero-order valence-electron chi connectivity index (χ0n) is 16.0. The fraction of sp³-hybridized carbons (Fsp3) is 0.476. The van der Waals surface area contributed by atoms with E-state index in [0.29, 0.717) is 24.7 Å². The summed E-state index contributed by atoms with van der Waals surface area (Å²) in [6.45, 7) is 7.89. The van der Waals surface area contributed by atoms with Crippen LogP contribution in [-0.2, 0) is 5.41 Å². The summed E-state index contributed by atoms with van der Waals surface area (Å²) in [6, 6.07) is 10.3. The van der Waals surface area contributed by atoms with Crippen LogP contribution in [0, 0.1) is 0 Å². The molecule has 0 spiro atoms. The molecule has 1 aromatic carbocycles. The van der Waals surface area contributed by atoms with E-state index in [1.807, 2.05) is 23.1 Å². The number of hydrogen-bond acceptors (Lipinski definition) is 4. The van der Waals surface area contributed by atoms with Crippen molar-refractivity contribution in [2.75, 3.05) is 13.1 Å². The number of para-hydroxylation sites is 2. The van der Waals surface area contributed by atoms with E-state index in [-0.39, 0.29) is 17.4 Å². The fourth-order valence-corrected chi connectivity index (χ4v) is 3.84. The first-order valence-corrected chi connectivity index (χ1v) is 9.65. The molecule has 1 aliphatic heterocycles. The molecule has 0 N–H and O–H groups in total. The van der Waals surface area contributed by atoms with Crippen LogP contribution in [0.25, 0.3) is 11.0 Å². The lowest BCUT2D eigenvalue weighted by Gasteiger charge is -2.41. The number of fused-ring (bicyclic) bond motifs is 1. The van der Waals surface area contributed by atoms with E-state index in [1.165, 1.54) is 0 Å². The molecule has 5 rings (SSSR count). The summed E-state index contributed by atoms with van der Waals surface area (Å²) in [7, 11) is 0. The van der Waals surface area contributed by atoms with Crippen molar-refractivity contribution in [3.05, 3.63) is 47.6 Å². The lowest BCUT2D eigenvalue weighted by molar-refractivity contribution is 0.0508. The monoisotopic (exact) mass is 364 g/mol. The van der Waals surface area contributed by atoms with Crippen molar-refractivity contribution in [1.29, 1.82) is 0 Å². The van der Waals surface area contributed by atoms with E-state index in [2.05, 4.69) is 42.6 Å². The van der Waals surface area contributed by atoms with Crippen LogP contribution in [0.1, 0.15) is 67.6 Å². The van der Waals surface area contributed by atoms with Crippen molar-refractivity contribution in [3.63, 3.8) is 0 Å². The van der Waals surface area contributed by atoms with Gasteiger partial charge in [-0.1, -0.05) is 38.1 Å². The maximum atomic E-state index is 12.7. The third-order valence-electron chi connectivity index (χ3n) is 5.51. The second kappa shape index (κ2) is 5.68. The third kappa shape index (κ3) is 2.74. The minimum Gasteiger partial charge on any atom is -0.360 e. The summed E-state index contributed by atoms with van der Waals surface area (Å²) >= 11 is 0. The van der Waals surface area contributed by atoms with Gasteiger partial charge in [-0.15, -0.1) is 0 Å². The Balaban J connectivity index is 1.39. The predicted molar refractivity (Wildman–Crippen MR) is 102 cm³/mol. The van der Waals surface area contributed by atoms with Gasteiger partial charge in [0.2, 0.25) is 0 Å². The van der Waals surface area contributed by atoms with Crippen LogP contribution in [0.15, 0.2) is 34.9 Å². The Kier molecular flexibility index (Phi) is 3.48. The number of carbonyl (C=O) groups excluding carboxylic acids is 1. The van der Waals surface area contributed by atoms with Crippen LogP contribution in [0.2, 0.25) is 0 Å². The van der Waals surface area contributed by atoms with Gasteiger partial charge < -0.3 is 14.0 Å². The number of imidazole rings is 1. The minimum absolute atomic E-state index is 0.0383. The highest BCUT2D eigenvalue weighted by Crippen LogP contribution is 2.40. The molecule has 0 atom stereocenters. The predicted octanol–water partition coefficient (Wildman–Crippen LogP) is 3.90. The summed E-state index contributed by atoms with van der Waals surface area (Å²) in [5.41, 5.74) is 2.52. The molecule has 27 heavy (non-hydrogen) atoms. The number of amides is 1. The molecule has 2 aromatic heterocycles. The molecule has 1 saturated carbocycles. The van der Waals surface area contributed by atoms with E-state index < -0.39 is 0 Å². The molecular weight excluding hydrogens is 340 g/mol. The van der Waals surface area contributed by atoms with Crippen molar-refractivity contribution < 1.29 is 9.32 Å². The molecule has 1 aliphatic carbocycles. The zero-order chi connectivity index (χ0) is 18.8. The van der Waals surface area contributed by atoms with Gasteiger partial charge in [0.25, 0.3) is 5.91 Å². The van der Waals surface area contributed by atoms with Crippen molar-refractivity contribution in [2.24, 2.45) is 0 Å². The molecule has 2 fully saturated rings. The van der Waals surface area contributed by atoms with E-state index >= 15 is 0 Å². The smallest absolute Gasteiger partial charge is 0.276 e. The summed E-state index contributed by atoms with van der Waals surface area (Å²) < 4.78 is 7.65. The molecule has 3 heterocycles. The number of nitrogens with zero attached hydrogens (tertiary/aromatic N) is 4. The standard InChI is InChI=1S/C21H24N4O2/c1-21(2,3)20-22-15-6-4-5-7-17(15)25(20)14-11-24(12-14)19(26)16-10-18(27-23-16)13-8-9-13/h4-7,10,13-14H,8-9,11-12H2,1-3H3. The first-order valence-electron chi connectivity index (χ1n) is 9.65.